The summed E-state index contributed by atoms with van der Waals surface area (Å²) in [4.78, 5) is 30.8. The standard InChI is InChI=1S/C26H31FN4O5.C2HF3O2.CH4/c27-20-9-10-30(17-20)16-19(26(33)18-7-8-24-25(15-18)35-13-12-34-24)14-21(32)4-3-11-36-31-23-6-2-1-5-22(23)28-29-31;3-2(4,5)1(6)7;/h1-2,5-8,15,19-20,26,33H,3-4,9-14,16-17H2;(H,6,7);1H4/t19-,20-,26-;;/m1../s1. The molecule has 242 valence electrons. The minimum atomic E-state index is -5.08. The number of ether oxygens (including phenoxy) is 2. The van der Waals surface area contributed by atoms with Crippen LogP contribution in [-0.2, 0) is 9.59 Å². The van der Waals surface area contributed by atoms with Gasteiger partial charge in [0.15, 0.2) is 11.5 Å². The SMILES string of the molecule is C.O=C(CCCOn1nnc2ccccc21)C[C@H](CN1CC[C@@H](F)C1)[C@H](O)c1ccc2c(c1)OCCO2.O=C(O)C(F)(F)F. The Kier molecular flexibility index (Phi) is 12.3. The fourth-order valence-electron chi connectivity index (χ4n) is 4.83. The largest absolute Gasteiger partial charge is 0.490 e. The van der Waals surface area contributed by atoms with Crippen LogP contribution in [-0.4, -0.2) is 93.8 Å². The van der Waals surface area contributed by atoms with Crippen molar-refractivity contribution >= 4 is 22.8 Å². The molecule has 2 aliphatic heterocycles. The number of rotatable bonds is 11. The lowest BCUT2D eigenvalue weighted by molar-refractivity contribution is -0.192. The normalized spacial score (nSPS) is 17.6. The molecular weight excluding hydrogens is 592 g/mol. The van der Waals surface area contributed by atoms with Gasteiger partial charge in [0, 0.05) is 38.4 Å². The zero-order chi connectivity index (χ0) is 31.0. The number of likely N-dealkylation sites (tertiary alicyclic amines) is 1. The average molecular weight is 629 g/mol. The molecule has 0 amide bonds. The number of carbonyl (C=O) groups is 2. The second-order valence-corrected chi connectivity index (χ2v) is 10.2. The molecule has 2 N–H and O–H groups in total. The Bertz CT molecular complexity index is 1390. The molecule has 11 nitrogen and oxygen atoms in total. The van der Waals surface area contributed by atoms with Crippen LogP contribution in [0.15, 0.2) is 42.5 Å². The summed E-state index contributed by atoms with van der Waals surface area (Å²) < 4.78 is 56.8. The number of carbonyl (C=O) groups excluding carboxylic acids is 1. The van der Waals surface area contributed by atoms with Crippen molar-refractivity contribution in [2.75, 3.05) is 39.5 Å². The Hall–Kier alpha value is -3.98. The Morgan fingerprint density at radius 3 is 2.50 bits per heavy atom. The quantitative estimate of drug-likeness (QED) is 0.237. The van der Waals surface area contributed by atoms with Crippen LogP contribution in [0.2, 0.25) is 0 Å². The van der Waals surface area contributed by atoms with Gasteiger partial charge in [0.05, 0.1) is 6.10 Å². The van der Waals surface area contributed by atoms with Crippen molar-refractivity contribution in [3.8, 4) is 11.5 Å². The summed E-state index contributed by atoms with van der Waals surface area (Å²) >= 11 is 0. The number of fused-ring (bicyclic) bond motifs is 2. The number of nitrogens with zero attached hydrogens (tertiary/aromatic N) is 4. The van der Waals surface area contributed by atoms with E-state index in [4.69, 9.17) is 24.2 Å². The van der Waals surface area contributed by atoms with Crippen LogP contribution < -0.4 is 14.3 Å². The highest BCUT2D eigenvalue weighted by atomic mass is 19.4. The maximum absolute atomic E-state index is 13.8. The topological polar surface area (TPSA) is 136 Å². The molecule has 0 radical (unpaired) electrons. The number of alkyl halides is 4. The van der Waals surface area contributed by atoms with E-state index in [-0.39, 0.29) is 25.5 Å². The first-order valence-corrected chi connectivity index (χ1v) is 13.7. The minimum Gasteiger partial charge on any atom is -0.486 e. The van der Waals surface area contributed by atoms with Crippen LogP contribution in [0.5, 0.6) is 11.5 Å². The van der Waals surface area contributed by atoms with E-state index in [0.29, 0.717) is 75.8 Å². The smallest absolute Gasteiger partial charge is 0.486 e. The summed E-state index contributed by atoms with van der Waals surface area (Å²) in [7, 11) is 0. The highest BCUT2D eigenvalue weighted by Crippen LogP contribution is 2.36. The first-order valence-electron chi connectivity index (χ1n) is 13.7. The van der Waals surface area contributed by atoms with E-state index in [9.17, 15) is 27.5 Å². The number of ketones is 1. The van der Waals surface area contributed by atoms with Gasteiger partial charge in [-0.3, -0.25) is 9.69 Å². The summed E-state index contributed by atoms with van der Waals surface area (Å²) in [5.41, 5.74) is 2.17. The van der Waals surface area contributed by atoms with Crippen LogP contribution in [0.3, 0.4) is 0 Å². The van der Waals surface area contributed by atoms with Gasteiger partial charge in [0.1, 0.15) is 42.8 Å². The predicted molar refractivity (Wildman–Crippen MR) is 150 cm³/mol. The van der Waals surface area contributed by atoms with Gasteiger partial charge < -0.3 is 24.5 Å². The number of aliphatic hydroxyl groups is 1. The third kappa shape index (κ3) is 9.51. The zero-order valence-electron chi connectivity index (χ0n) is 23.1. The maximum Gasteiger partial charge on any atom is 0.490 e. The number of aliphatic carboxylic acids is 1. The summed E-state index contributed by atoms with van der Waals surface area (Å²) in [6, 6.07) is 12.8. The first-order chi connectivity index (χ1) is 20.5. The second kappa shape index (κ2) is 15.7. The highest BCUT2D eigenvalue weighted by molar-refractivity contribution is 5.78. The van der Waals surface area contributed by atoms with Gasteiger partial charge in [-0.15, -0.1) is 5.10 Å². The third-order valence-corrected chi connectivity index (χ3v) is 6.93. The summed E-state index contributed by atoms with van der Waals surface area (Å²) in [5, 5.41) is 26.4. The fourth-order valence-corrected chi connectivity index (χ4v) is 4.83. The number of hydrogen-bond donors (Lipinski definition) is 2. The third-order valence-electron chi connectivity index (χ3n) is 6.93. The Balaban J connectivity index is 0.000000594. The van der Waals surface area contributed by atoms with Crippen LogP contribution in [0.25, 0.3) is 11.0 Å². The van der Waals surface area contributed by atoms with Gasteiger partial charge in [0.2, 0.25) is 0 Å². The molecule has 3 heterocycles. The van der Waals surface area contributed by atoms with E-state index in [1.807, 2.05) is 29.2 Å². The Labute approximate surface area is 251 Å². The number of benzene rings is 2. The maximum atomic E-state index is 13.8. The van der Waals surface area contributed by atoms with E-state index < -0.39 is 24.4 Å². The van der Waals surface area contributed by atoms with E-state index in [0.717, 1.165) is 11.0 Å². The van der Waals surface area contributed by atoms with Gasteiger partial charge >= 0.3 is 12.1 Å². The molecule has 0 saturated carbocycles. The lowest BCUT2D eigenvalue weighted by Crippen LogP contribution is -2.32. The molecule has 2 aliphatic rings. The van der Waals surface area contributed by atoms with Crippen molar-refractivity contribution in [1.82, 2.24) is 20.1 Å². The van der Waals surface area contributed by atoms with E-state index in [1.165, 1.54) is 4.85 Å². The van der Waals surface area contributed by atoms with Crippen molar-refractivity contribution in [3.05, 3.63) is 48.0 Å². The average Bonchev–Trinajstić information content (AvgIpc) is 3.59. The second-order valence-electron chi connectivity index (χ2n) is 10.2. The van der Waals surface area contributed by atoms with E-state index in [2.05, 4.69) is 10.3 Å². The molecule has 1 fully saturated rings. The molecule has 3 aromatic rings. The van der Waals surface area contributed by atoms with Gasteiger partial charge in [-0.05, 0) is 47.9 Å². The van der Waals surface area contributed by atoms with Crippen LogP contribution in [0.1, 0.15) is 44.8 Å². The molecule has 2 aromatic carbocycles. The molecule has 0 aliphatic carbocycles. The molecular formula is C29H36F4N4O7. The molecule has 15 heteroatoms. The molecule has 3 atom stereocenters. The van der Waals surface area contributed by atoms with Crippen molar-refractivity contribution in [3.63, 3.8) is 0 Å². The van der Waals surface area contributed by atoms with Crippen LogP contribution in [0.4, 0.5) is 17.6 Å². The molecule has 5 rings (SSSR count). The number of aromatic nitrogens is 3. The van der Waals surface area contributed by atoms with Gasteiger partial charge in [0.25, 0.3) is 0 Å². The molecule has 44 heavy (non-hydrogen) atoms. The highest BCUT2D eigenvalue weighted by Gasteiger charge is 2.38. The summed E-state index contributed by atoms with van der Waals surface area (Å²) in [5.74, 6) is -1.87. The van der Waals surface area contributed by atoms with E-state index in [1.54, 1.807) is 18.2 Å². The fraction of sp³-hybridized carbons (Fsp3) is 0.517. The zero-order valence-corrected chi connectivity index (χ0v) is 23.1. The number of Topliss-reactive ketones (excluding diaryl/α,β-unsaturated/α-hetero) is 1. The Morgan fingerprint density at radius 2 is 1.82 bits per heavy atom. The number of carboxylic acid groups (broad SMARTS) is 1. The van der Waals surface area contributed by atoms with Crippen LogP contribution in [0, 0.1) is 5.92 Å². The molecule has 0 bridgehead atoms. The monoisotopic (exact) mass is 628 g/mol. The lowest BCUT2D eigenvalue weighted by Gasteiger charge is -2.28. The summed E-state index contributed by atoms with van der Waals surface area (Å²) in [6.07, 6.45) is -5.34. The number of halogens is 4. The Morgan fingerprint density at radius 1 is 1.11 bits per heavy atom. The van der Waals surface area contributed by atoms with Crippen molar-refractivity contribution in [1.29, 1.82) is 0 Å². The van der Waals surface area contributed by atoms with Gasteiger partial charge in [-0.25, -0.2) is 9.18 Å². The van der Waals surface area contributed by atoms with Gasteiger partial charge in [-0.2, -0.15) is 13.2 Å². The molecule has 1 saturated heterocycles. The molecule has 1 aromatic heterocycles. The summed E-state index contributed by atoms with van der Waals surface area (Å²) in [6.45, 7) is 2.65. The lowest BCUT2D eigenvalue weighted by atomic mass is 9.89. The van der Waals surface area contributed by atoms with Gasteiger partial charge in [-0.1, -0.05) is 30.5 Å². The minimum absolute atomic E-state index is 0. The number of hydrogen-bond acceptors (Lipinski definition) is 9. The molecule has 0 spiro atoms. The number of aliphatic hydroxyl groups excluding tert-OH is 1. The number of carboxylic acids is 1. The predicted octanol–water partition coefficient (Wildman–Crippen LogP) is 4.03. The van der Waals surface area contributed by atoms with E-state index >= 15 is 0 Å². The first kappa shape index (κ1) is 34.5. The number of para-hydroxylation sites is 1. The van der Waals surface area contributed by atoms with Crippen LogP contribution >= 0.6 is 0 Å². The van der Waals surface area contributed by atoms with Crippen molar-refractivity contribution in [2.24, 2.45) is 5.92 Å². The van der Waals surface area contributed by atoms with Crippen molar-refractivity contribution in [2.45, 2.75) is 51.6 Å². The van der Waals surface area contributed by atoms with Crippen molar-refractivity contribution < 1.29 is 51.7 Å². The molecule has 0 unspecified atom stereocenters.